The first-order chi connectivity index (χ1) is 5.38. The minimum Gasteiger partial charge on any atom is -0.166 e. The predicted molar refractivity (Wildman–Crippen MR) is 47.3 cm³/mol. The highest BCUT2D eigenvalue weighted by Gasteiger charge is 2.01. The lowest BCUT2D eigenvalue weighted by molar-refractivity contribution is -0.512. The lowest BCUT2D eigenvalue weighted by atomic mass is 10.3. The molecule has 0 aliphatic carbocycles. The van der Waals surface area contributed by atoms with E-state index in [-0.39, 0.29) is 0 Å². The molecule has 54 valence electrons. The average molecular weight is 209 g/mol. The highest BCUT2D eigenvalue weighted by atomic mass is 79.9. The van der Waals surface area contributed by atoms with Gasteiger partial charge in [-0.25, -0.2) is 0 Å². The zero-order valence-electron chi connectivity index (χ0n) is 5.87. The molecule has 0 unspecified atom stereocenters. The van der Waals surface area contributed by atoms with Crippen LogP contribution in [-0.4, -0.2) is 0 Å². The Bertz CT molecular complexity index is 379. The fourth-order valence-corrected chi connectivity index (χ4v) is 1.58. The third-order valence-electron chi connectivity index (χ3n) is 1.62. The SMILES string of the molecule is Brc1ccc[n+]2ccccc12. The van der Waals surface area contributed by atoms with Crippen molar-refractivity contribution in [3.05, 3.63) is 47.2 Å². The van der Waals surface area contributed by atoms with E-state index in [1.807, 2.05) is 36.7 Å². The molecule has 0 amide bonds. The Hall–Kier alpha value is -0.890. The van der Waals surface area contributed by atoms with Crippen molar-refractivity contribution in [1.82, 2.24) is 0 Å². The van der Waals surface area contributed by atoms with Crippen LogP contribution in [0.3, 0.4) is 0 Å². The summed E-state index contributed by atoms with van der Waals surface area (Å²) in [6, 6.07) is 10.2. The summed E-state index contributed by atoms with van der Waals surface area (Å²) in [5.41, 5.74) is 1.19. The quantitative estimate of drug-likeness (QED) is 0.585. The lowest BCUT2D eigenvalue weighted by Gasteiger charge is -1.90. The van der Waals surface area contributed by atoms with Gasteiger partial charge < -0.3 is 0 Å². The van der Waals surface area contributed by atoms with Crippen molar-refractivity contribution in [3.63, 3.8) is 0 Å². The Labute approximate surface area is 73.4 Å². The summed E-state index contributed by atoms with van der Waals surface area (Å²) in [6.45, 7) is 0. The fraction of sp³-hybridized carbons (Fsp3) is 0. The van der Waals surface area contributed by atoms with E-state index in [1.165, 1.54) is 5.52 Å². The number of hydrogen-bond donors (Lipinski definition) is 0. The van der Waals surface area contributed by atoms with Crippen LogP contribution in [0.4, 0.5) is 0 Å². The first-order valence-electron chi connectivity index (χ1n) is 3.42. The number of pyridine rings is 2. The summed E-state index contributed by atoms with van der Waals surface area (Å²) in [7, 11) is 0. The molecule has 0 aromatic carbocycles. The molecule has 2 heterocycles. The smallest absolute Gasteiger partial charge is 0.166 e. The zero-order chi connectivity index (χ0) is 7.68. The van der Waals surface area contributed by atoms with Gasteiger partial charge in [0.25, 0.3) is 0 Å². The Morgan fingerprint density at radius 3 is 2.64 bits per heavy atom. The van der Waals surface area contributed by atoms with E-state index in [0.717, 1.165) is 4.47 Å². The molecule has 0 radical (unpaired) electrons. The molecule has 0 aliphatic heterocycles. The predicted octanol–water partition coefficient (Wildman–Crippen LogP) is 2.19. The van der Waals surface area contributed by atoms with Crippen LogP contribution in [-0.2, 0) is 0 Å². The number of fused-ring (bicyclic) bond motifs is 1. The van der Waals surface area contributed by atoms with Crippen LogP contribution in [0.15, 0.2) is 47.2 Å². The van der Waals surface area contributed by atoms with Crippen LogP contribution in [0.25, 0.3) is 5.52 Å². The topological polar surface area (TPSA) is 4.10 Å². The van der Waals surface area contributed by atoms with Gasteiger partial charge >= 0.3 is 0 Å². The van der Waals surface area contributed by atoms with E-state index >= 15 is 0 Å². The minimum absolute atomic E-state index is 1.13. The van der Waals surface area contributed by atoms with Gasteiger partial charge in [0, 0.05) is 18.2 Å². The molecular weight excluding hydrogens is 202 g/mol. The molecule has 0 N–H and O–H groups in total. The molecule has 11 heavy (non-hydrogen) atoms. The maximum atomic E-state index is 3.48. The molecule has 0 saturated carbocycles. The molecule has 0 saturated heterocycles. The zero-order valence-corrected chi connectivity index (χ0v) is 7.45. The van der Waals surface area contributed by atoms with Gasteiger partial charge in [0.2, 0.25) is 5.52 Å². The molecular formula is C9H7BrN+. The summed E-state index contributed by atoms with van der Waals surface area (Å²) < 4.78 is 3.20. The second-order valence-corrected chi connectivity index (χ2v) is 3.20. The molecule has 2 heteroatoms. The normalized spacial score (nSPS) is 10.3. The van der Waals surface area contributed by atoms with Crippen LogP contribution in [0.1, 0.15) is 0 Å². The van der Waals surface area contributed by atoms with Crippen molar-refractivity contribution < 1.29 is 4.40 Å². The maximum Gasteiger partial charge on any atom is 0.224 e. The second kappa shape index (κ2) is 2.62. The van der Waals surface area contributed by atoms with Crippen molar-refractivity contribution in [3.8, 4) is 0 Å². The number of aromatic nitrogens is 1. The van der Waals surface area contributed by atoms with Gasteiger partial charge in [-0.2, -0.15) is 4.40 Å². The van der Waals surface area contributed by atoms with Crippen LogP contribution in [0, 0.1) is 0 Å². The van der Waals surface area contributed by atoms with Crippen molar-refractivity contribution in [1.29, 1.82) is 0 Å². The van der Waals surface area contributed by atoms with Gasteiger partial charge in [0.15, 0.2) is 12.4 Å². The number of halogens is 1. The van der Waals surface area contributed by atoms with Crippen molar-refractivity contribution in [2.45, 2.75) is 0 Å². The Kier molecular flexibility index (Phi) is 1.62. The van der Waals surface area contributed by atoms with E-state index in [0.29, 0.717) is 0 Å². The van der Waals surface area contributed by atoms with Gasteiger partial charge in [-0.05, 0) is 28.1 Å². The summed E-state index contributed by atoms with van der Waals surface area (Å²) in [4.78, 5) is 0. The largest absolute Gasteiger partial charge is 0.224 e. The molecule has 2 aromatic heterocycles. The van der Waals surface area contributed by atoms with Gasteiger partial charge in [0.05, 0.1) is 4.47 Å². The van der Waals surface area contributed by atoms with Crippen molar-refractivity contribution >= 4 is 21.4 Å². The van der Waals surface area contributed by atoms with Gasteiger partial charge in [0.1, 0.15) is 0 Å². The summed E-state index contributed by atoms with van der Waals surface area (Å²) in [5, 5.41) is 0. The first-order valence-corrected chi connectivity index (χ1v) is 4.22. The maximum absolute atomic E-state index is 3.48. The lowest BCUT2D eigenvalue weighted by Crippen LogP contribution is -2.19. The molecule has 2 aromatic rings. The van der Waals surface area contributed by atoms with Crippen LogP contribution in [0.5, 0.6) is 0 Å². The van der Waals surface area contributed by atoms with Crippen molar-refractivity contribution in [2.75, 3.05) is 0 Å². The summed E-state index contributed by atoms with van der Waals surface area (Å²) >= 11 is 3.48. The van der Waals surface area contributed by atoms with Crippen LogP contribution < -0.4 is 4.40 Å². The number of nitrogens with zero attached hydrogens (tertiary/aromatic N) is 1. The van der Waals surface area contributed by atoms with Gasteiger partial charge in [-0.15, -0.1) is 0 Å². The third-order valence-corrected chi connectivity index (χ3v) is 2.29. The monoisotopic (exact) mass is 208 g/mol. The van der Waals surface area contributed by atoms with E-state index in [1.54, 1.807) is 0 Å². The molecule has 0 bridgehead atoms. The third kappa shape index (κ3) is 1.14. The first kappa shape index (κ1) is 6.80. The molecule has 1 nitrogen and oxygen atoms in total. The second-order valence-electron chi connectivity index (χ2n) is 2.35. The Balaban J connectivity index is 2.91. The number of hydrogen-bond acceptors (Lipinski definition) is 0. The molecule has 2 rings (SSSR count). The fourth-order valence-electron chi connectivity index (χ4n) is 1.09. The number of rotatable bonds is 0. The average Bonchev–Trinajstić information content (AvgIpc) is 2.06. The van der Waals surface area contributed by atoms with E-state index in [2.05, 4.69) is 26.4 Å². The highest BCUT2D eigenvalue weighted by Crippen LogP contribution is 2.12. The van der Waals surface area contributed by atoms with Gasteiger partial charge in [-0.1, -0.05) is 0 Å². The summed E-state index contributed by atoms with van der Waals surface area (Å²) in [6.07, 6.45) is 4.06. The summed E-state index contributed by atoms with van der Waals surface area (Å²) in [5.74, 6) is 0. The molecule has 0 fully saturated rings. The Morgan fingerprint density at radius 2 is 1.82 bits per heavy atom. The van der Waals surface area contributed by atoms with E-state index < -0.39 is 0 Å². The minimum atomic E-state index is 1.13. The van der Waals surface area contributed by atoms with E-state index in [9.17, 15) is 0 Å². The highest BCUT2D eigenvalue weighted by molar-refractivity contribution is 9.10. The molecule has 0 aliphatic rings. The molecule has 0 spiro atoms. The van der Waals surface area contributed by atoms with Crippen LogP contribution >= 0.6 is 15.9 Å². The van der Waals surface area contributed by atoms with Crippen LogP contribution in [0.2, 0.25) is 0 Å². The van der Waals surface area contributed by atoms with E-state index in [4.69, 9.17) is 0 Å². The van der Waals surface area contributed by atoms with Gasteiger partial charge in [-0.3, -0.25) is 0 Å². The Morgan fingerprint density at radius 1 is 1.00 bits per heavy atom. The molecule has 0 atom stereocenters. The van der Waals surface area contributed by atoms with Crippen molar-refractivity contribution in [2.24, 2.45) is 0 Å². The standard InChI is InChI=1S/C9H7BrN/c10-8-4-3-7-11-6-2-1-5-9(8)11/h1-7H/q+1.